The van der Waals surface area contributed by atoms with Crippen molar-refractivity contribution in [3.63, 3.8) is 0 Å². The average molecular weight is 417 g/mol. The molecular weight excluding hydrogens is 359 g/mol. The molecule has 0 radical (unpaired) electrons. The molecule has 0 unspecified atom stereocenters. The summed E-state index contributed by atoms with van der Waals surface area (Å²) in [5.41, 5.74) is 0. The Balaban J connectivity index is 0. The monoisotopic (exact) mass is 416 g/mol. The SMILES string of the molecule is CCCCCCCC[P+](CC)(CCCCCCCC)CCCCCCCC.[OH-]. The maximum Gasteiger partial charge on any atom is 0.0594 e. The number of hydrogen-bond donors (Lipinski definition) is 0. The van der Waals surface area contributed by atoms with Crippen LogP contribution in [0.5, 0.6) is 0 Å². The van der Waals surface area contributed by atoms with Crippen LogP contribution in [-0.2, 0) is 0 Å². The molecule has 172 valence electrons. The van der Waals surface area contributed by atoms with E-state index in [1.807, 2.05) is 0 Å². The largest absolute Gasteiger partial charge is 0.870 e. The van der Waals surface area contributed by atoms with E-state index in [4.69, 9.17) is 0 Å². The summed E-state index contributed by atoms with van der Waals surface area (Å²) in [4.78, 5) is 0. The highest BCUT2D eigenvalue weighted by Crippen LogP contribution is 2.60. The van der Waals surface area contributed by atoms with Crippen molar-refractivity contribution in [3.05, 3.63) is 0 Å². The maximum atomic E-state index is 2.54. The molecule has 0 heterocycles. The molecule has 0 saturated heterocycles. The Morgan fingerprint density at radius 1 is 0.357 bits per heavy atom. The highest BCUT2D eigenvalue weighted by Gasteiger charge is 2.33. The van der Waals surface area contributed by atoms with E-state index in [1.165, 1.54) is 122 Å². The van der Waals surface area contributed by atoms with Gasteiger partial charge in [0.2, 0.25) is 0 Å². The van der Waals surface area contributed by atoms with Crippen LogP contribution in [0.15, 0.2) is 0 Å². The molecule has 0 atom stereocenters. The van der Waals surface area contributed by atoms with Gasteiger partial charge in [-0.05, 0) is 45.4 Å². The topological polar surface area (TPSA) is 30.0 Å². The summed E-state index contributed by atoms with van der Waals surface area (Å²) >= 11 is 0. The van der Waals surface area contributed by atoms with Gasteiger partial charge in [-0.15, -0.1) is 0 Å². The summed E-state index contributed by atoms with van der Waals surface area (Å²) in [6.07, 6.45) is 32.9. The third-order valence-electron chi connectivity index (χ3n) is 6.63. The minimum absolute atomic E-state index is 0. The highest BCUT2D eigenvalue weighted by atomic mass is 31.2. The fourth-order valence-corrected chi connectivity index (χ4v) is 8.80. The zero-order chi connectivity index (χ0) is 20.1. The first-order valence-corrected chi connectivity index (χ1v) is 15.6. The Morgan fingerprint density at radius 2 is 0.607 bits per heavy atom. The molecule has 0 bridgehead atoms. The molecule has 0 rings (SSSR count). The summed E-state index contributed by atoms with van der Waals surface area (Å²) in [7, 11) is -0.644. The first kappa shape index (κ1) is 30.6. The maximum absolute atomic E-state index is 2.54. The summed E-state index contributed by atoms with van der Waals surface area (Å²) in [5.74, 6) is 0. The Labute approximate surface area is 180 Å². The standard InChI is InChI=1S/C26H56P.H2O/c1-5-9-12-15-18-21-24-27(8-4,25-22-19-16-13-10-6-2)26-23-20-17-14-11-7-3;/h5-26H2,1-4H3;1H2/q+1;/p-1. The Morgan fingerprint density at radius 3 is 0.857 bits per heavy atom. The second-order valence-corrected chi connectivity index (χ2v) is 13.8. The summed E-state index contributed by atoms with van der Waals surface area (Å²) < 4.78 is 0. The van der Waals surface area contributed by atoms with E-state index in [0.717, 1.165) is 0 Å². The van der Waals surface area contributed by atoms with Crippen LogP contribution in [0.2, 0.25) is 0 Å². The van der Waals surface area contributed by atoms with Crippen LogP contribution in [-0.4, -0.2) is 30.1 Å². The van der Waals surface area contributed by atoms with Gasteiger partial charge in [0.25, 0.3) is 0 Å². The molecule has 0 aromatic rings. The van der Waals surface area contributed by atoms with Gasteiger partial charge < -0.3 is 5.48 Å². The minimum Gasteiger partial charge on any atom is -0.870 e. The van der Waals surface area contributed by atoms with Crippen LogP contribution in [0, 0.1) is 0 Å². The van der Waals surface area contributed by atoms with E-state index in [-0.39, 0.29) is 5.48 Å². The van der Waals surface area contributed by atoms with E-state index in [0.29, 0.717) is 0 Å². The molecule has 0 amide bonds. The van der Waals surface area contributed by atoms with E-state index in [2.05, 4.69) is 27.7 Å². The summed E-state index contributed by atoms with van der Waals surface area (Å²) in [6.45, 7) is 9.52. The molecule has 1 nitrogen and oxygen atoms in total. The molecule has 0 aromatic carbocycles. The molecule has 0 spiro atoms. The third kappa shape index (κ3) is 18.4. The highest BCUT2D eigenvalue weighted by molar-refractivity contribution is 7.75. The van der Waals surface area contributed by atoms with Crippen LogP contribution < -0.4 is 0 Å². The second-order valence-electron chi connectivity index (χ2n) is 9.13. The van der Waals surface area contributed by atoms with Crippen molar-refractivity contribution in [2.75, 3.05) is 24.6 Å². The van der Waals surface area contributed by atoms with Crippen LogP contribution in [0.25, 0.3) is 0 Å². The molecule has 1 N–H and O–H groups in total. The first-order chi connectivity index (χ1) is 13.2. The van der Waals surface area contributed by atoms with Crippen LogP contribution in [0.3, 0.4) is 0 Å². The average Bonchev–Trinajstić information content (AvgIpc) is 2.69. The van der Waals surface area contributed by atoms with Crippen LogP contribution >= 0.6 is 7.26 Å². The molecule has 0 aliphatic carbocycles. The van der Waals surface area contributed by atoms with Gasteiger partial charge in [-0.1, -0.05) is 97.8 Å². The lowest BCUT2D eigenvalue weighted by Gasteiger charge is -2.27. The normalized spacial score (nSPS) is 11.6. The van der Waals surface area contributed by atoms with Crippen LogP contribution in [0.1, 0.15) is 143 Å². The Kier molecular flexibility index (Phi) is 25.8. The van der Waals surface area contributed by atoms with Crippen molar-refractivity contribution in [3.8, 4) is 0 Å². The number of unbranched alkanes of at least 4 members (excludes halogenated alkanes) is 15. The van der Waals surface area contributed by atoms with Gasteiger partial charge in [-0.2, -0.15) is 0 Å². The lowest BCUT2D eigenvalue weighted by Crippen LogP contribution is -2.11. The van der Waals surface area contributed by atoms with Crippen molar-refractivity contribution in [2.24, 2.45) is 0 Å². The summed E-state index contributed by atoms with van der Waals surface area (Å²) in [6, 6.07) is 0. The quantitative estimate of drug-likeness (QED) is 0.127. The molecule has 0 aromatic heterocycles. The third-order valence-corrected chi connectivity index (χ3v) is 11.8. The Bertz CT molecular complexity index is 239. The molecular formula is C26H57OP. The van der Waals surface area contributed by atoms with Crippen molar-refractivity contribution in [2.45, 2.75) is 143 Å². The van der Waals surface area contributed by atoms with Gasteiger partial charge >= 0.3 is 0 Å². The zero-order valence-corrected chi connectivity index (χ0v) is 21.3. The number of hydrogen-bond acceptors (Lipinski definition) is 1. The first-order valence-electron chi connectivity index (χ1n) is 13.1. The van der Waals surface area contributed by atoms with Gasteiger partial charge in [-0.3, -0.25) is 0 Å². The van der Waals surface area contributed by atoms with Gasteiger partial charge in [0.15, 0.2) is 0 Å². The van der Waals surface area contributed by atoms with Gasteiger partial charge in [0, 0.05) is 7.26 Å². The Hall–Kier alpha value is 0.390. The molecule has 28 heavy (non-hydrogen) atoms. The second kappa shape index (κ2) is 23.7. The van der Waals surface area contributed by atoms with E-state index in [9.17, 15) is 0 Å². The predicted octanol–water partition coefficient (Wildman–Crippen LogP) is 9.93. The van der Waals surface area contributed by atoms with E-state index >= 15 is 0 Å². The van der Waals surface area contributed by atoms with Crippen molar-refractivity contribution >= 4 is 7.26 Å². The van der Waals surface area contributed by atoms with Gasteiger partial charge in [-0.25, -0.2) is 0 Å². The van der Waals surface area contributed by atoms with Gasteiger partial charge in [0.05, 0.1) is 24.6 Å². The molecule has 0 aliphatic rings. The lowest BCUT2D eigenvalue weighted by molar-refractivity contribution is 0.615. The predicted molar refractivity (Wildman–Crippen MR) is 134 cm³/mol. The lowest BCUT2D eigenvalue weighted by atomic mass is 10.1. The smallest absolute Gasteiger partial charge is 0.0594 e. The zero-order valence-electron chi connectivity index (χ0n) is 20.5. The van der Waals surface area contributed by atoms with E-state index < -0.39 is 7.26 Å². The minimum atomic E-state index is -0.644. The molecule has 0 aliphatic heterocycles. The summed E-state index contributed by atoms with van der Waals surface area (Å²) in [5, 5.41) is 0. The van der Waals surface area contributed by atoms with Crippen molar-refractivity contribution in [1.82, 2.24) is 0 Å². The number of rotatable bonds is 22. The van der Waals surface area contributed by atoms with Crippen molar-refractivity contribution in [1.29, 1.82) is 0 Å². The fraction of sp³-hybridized carbons (Fsp3) is 1.00. The fourth-order valence-electron chi connectivity index (χ4n) is 4.49. The van der Waals surface area contributed by atoms with Crippen molar-refractivity contribution < 1.29 is 5.48 Å². The van der Waals surface area contributed by atoms with Crippen LogP contribution in [0.4, 0.5) is 0 Å². The molecule has 0 fully saturated rings. The van der Waals surface area contributed by atoms with Gasteiger partial charge in [0.1, 0.15) is 0 Å². The molecule has 0 saturated carbocycles. The van der Waals surface area contributed by atoms with E-state index in [1.54, 1.807) is 18.5 Å². The molecule has 2 heteroatoms.